The normalized spacial score (nSPS) is 21.0. The fourth-order valence-corrected chi connectivity index (χ4v) is 4.95. The van der Waals surface area contributed by atoms with Crippen molar-refractivity contribution in [1.82, 2.24) is 5.32 Å². The lowest BCUT2D eigenvalue weighted by atomic mass is 9.71. The smallest absolute Gasteiger partial charge is 0.337 e. The average Bonchev–Trinajstić information content (AvgIpc) is 2.83. The topological polar surface area (TPSA) is 64.6 Å². The Morgan fingerprint density at radius 1 is 1.15 bits per heavy atom. The molecule has 0 bridgehead atoms. The first kappa shape index (κ1) is 24.1. The minimum Gasteiger partial charge on any atom is -0.496 e. The summed E-state index contributed by atoms with van der Waals surface area (Å²) in [5.41, 5.74) is 4.49. The van der Waals surface area contributed by atoms with Gasteiger partial charge in [0.05, 0.1) is 24.7 Å². The molecule has 0 unspecified atom stereocenters. The summed E-state index contributed by atoms with van der Waals surface area (Å²) in [7, 11) is 1.60. The first-order valence-electron chi connectivity index (χ1n) is 11.7. The number of hydrogen-bond acceptors (Lipinski definition) is 5. The molecule has 0 amide bonds. The second kappa shape index (κ2) is 10.1. The van der Waals surface area contributed by atoms with E-state index in [-0.39, 0.29) is 17.8 Å². The van der Waals surface area contributed by atoms with E-state index in [0.717, 1.165) is 16.8 Å². The first-order valence-corrected chi connectivity index (χ1v) is 12.0. The van der Waals surface area contributed by atoms with Crippen LogP contribution in [0.5, 0.6) is 5.75 Å². The van der Waals surface area contributed by atoms with Gasteiger partial charge in [-0.25, -0.2) is 4.79 Å². The van der Waals surface area contributed by atoms with E-state index >= 15 is 0 Å². The number of benzene rings is 2. The number of carbonyl (C=O) groups is 2. The number of halogens is 1. The molecule has 2 aliphatic rings. The molecule has 1 aliphatic heterocycles. The summed E-state index contributed by atoms with van der Waals surface area (Å²) in [5.74, 6) is -0.269. The highest BCUT2D eigenvalue weighted by atomic mass is 35.5. The molecule has 4 rings (SSSR count). The van der Waals surface area contributed by atoms with Crippen molar-refractivity contribution in [3.63, 3.8) is 0 Å². The average molecular weight is 480 g/mol. The van der Waals surface area contributed by atoms with Crippen molar-refractivity contribution in [2.45, 2.75) is 58.0 Å². The standard InChI is InChI=1S/C28H30ClNO4/c1-5-16(2)34-28(32)25-17(3)30-22-14-19(18-10-12-20(29)13-11-18)15-23(31)27(22)26(25)21-8-6-7-9-24(21)33-4/h6-13,16,19,26,30H,5,14-15H2,1-4H3/t16-,19-,26+/m0/s1. The van der Waals surface area contributed by atoms with Crippen LogP contribution in [0.3, 0.4) is 0 Å². The van der Waals surface area contributed by atoms with Gasteiger partial charge in [-0.3, -0.25) is 4.79 Å². The van der Waals surface area contributed by atoms with Crippen molar-refractivity contribution in [1.29, 1.82) is 0 Å². The van der Waals surface area contributed by atoms with Crippen LogP contribution in [-0.4, -0.2) is 25.0 Å². The van der Waals surface area contributed by atoms with E-state index < -0.39 is 11.9 Å². The quantitative estimate of drug-likeness (QED) is 0.511. The molecular formula is C28H30ClNO4. The maximum Gasteiger partial charge on any atom is 0.337 e. The van der Waals surface area contributed by atoms with Crippen LogP contribution in [0.1, 0.15) is 63.0 Å². The second-order valence-electron chi connectivity index (χ2n) is 8.93. The van der Waals surface area contributed by atoms with Gasteiger partial charge in [-0.15, -0.1) is 0 Å². The number of para-hydroxylation sites is 1. The molecule has 0 saturated carbocycles. The summed E-state index contributed by atoms with van der Waals surface area (Å²) >= 11 is 6.07. The van der Waals surface area contributed by atoms with Crippen molar-refractivity contribution >= 4 is 23.4 Å². The van der Waals surface area contributed by atoms with Gasteiger partial charge in [0.15, 0.2) is 5.78 Å². The van der Waals surface area contributed by atoms with Crippen LogP contribution in [0.4, 0.5) is 0 Å². The Bertz CT molecular complexity index is 1170. The van der Waals surface area contributed by atoms with Crippen LogP contribution in [-0.2, 0) is 14.3 Å². The van der Waals surface area contributed by atoms with Gasteiger partial charge in [0, 0.05) is 34.0 Å². The Kier molecular flexibility index (Phi) is 7.13. The van der Waals surface area contributed by atoms with E-state index in [2.05, 4.69) is 5.32 Å². The SMILES string of the molecule is CC[C@H](C)OC(=O)C1=C(C)NC2=C(C(=O)C[C@@H](c3ccc(Cl)cc3)C2)[C@@H]1c1ccccc1OC. The summed E-state index contributed by atoms with van der Waals surface area (Å²) < 4.78 is 11.4. The highest BCUT2D eigenvalue weighted by Gasteiger charge is 2.42. The van der Waals surface area contributed by atoms with Crippen LogP contribution >= 0.6 is 11.6 Å². The van der Waals surface area contributed by atoms with Crippen LogP contribution in [0.15, 0.2) is 71.1 Å². The van der Waals surface area contributed by atoms with Crippen molar-refractivity contribution < 1.29 is 19.1 Å². The summed E-state index contributed by atoms with van der Waals surface area (Å²) in [4.78, 5) is 27.0. The number of dihydropyridines is 1. The molecule has 178 valence electrons. The zero-order valence-electron chi connectivity index (χ0n) is 20.0. The van der Waals surface area contributed by atoms with Crippen molar-refractivity contribution in [3.8, 4) is 5.75 Å². The molecule has 0 spiro atoms. The lowest BCUT2D eigenvalue weighted by molar-refractivity contribution is -0.144. The number of methoxy groups -OCH3 is 1. The molecule has 34 heavy (non-hydrogen) atoms. The number of carbonyl (C=O) groups excluding carboxylic acids is 2. The molecule has 0 saturated heterocycles. The maximum absolute atomic E-state index is 13.7. The first-order chi connectivity index (χ1) is 16.3. The van der Waals surface area contributed by atoms with Gasteiger partial charge < -0.3 is 14.8 Å². The number of nitrogens with one attached hydrogen (secondary N) is 1. The molecule has 2 aromatic rings. The molecule has 6 heteroatoms. The fourth-order valence-electron chi connectivity index (χ4n) is 4.83. The van der Waals surface area contributed by atoms with Gasteiger partial charge >= 0.3 is 5.97 Å². The van der Waals surface area contributed by atoms with E-state index in [1.165, 1.54) is 0 Å². The third kappa shape index (κ3) is 4.62. The van der Waals surface area contributed by atoms with Gasteiger partial charge in [-0.05, 0) is 56.4 Å². The molecule has 1 heterocycles. The number of esters is 1. The van der Waals surface area contributed by atoms with E-state index in [1.807, 2.05) is 69.3 Å². The lowest BCUT2D eigenvalue weighted by Crippen LogP contribution is -2.36. The Labute approximate surface area is 205 Å². The number of allylic oxidation sites excluding steroid dienone is 3. The van der Waals surface area contributed by atoms with Crippen molar-refractivity contribution in [2.75, 3.05) is 7.11 Å². The molecule has 1 N–H and O–H groups in total. The Morgan fingerprint density at radius 3 is 2.53 bits per heavy atom. The predicted molar refractivity (Wildman–Crippen MR) is 133 cm³/mol. The molecule has 2 aromatic carbocycles. The van der Waals surface area contributed by atoms with Crippen molar-refractivity contribution in [2.24, 2.45) is 0 Å². The number of hydrogen-bond donors (Lipinski definition) is 1. The lowest BCUT2D eigenvalue weighted by Gasteiger charge is -2.37. The van der Waals surface area contributed by atoms with Gasteiger partial charge in [0.1, 0.15) is 5.75 Å². The second-order valence-corrected chi connectivity index (χ2v) is 9.37. The van der Waals surface area contributed by atoms with Crippen LogP contribution < -0.4 is 10.1 Å². The molecule has 0 aromatic heterocycles. The monoisotopic (exact) mass is 479 g/mol. The molecule has 0 radical (unpaired) electrons. The minimum absolute atomic E-state index is 0.0194. The van der Waals surface area contributed by atoms with Crippen LogP contribution in [0.25, 0.3) is 0 Å². The number of rotatable bonds is 6. The maximum atomic E-state index is 13.7. The third-order valence-corrected chi connectivity index (χ3v) is 6.97. The van der Waals surface area contributed by atoms with Crippen LogP contribution in [0, 0.1) is 0 Å². The van der Waals surface area contributed by atoms with Gasteiger partial charge in [-0.1, -0.05) is 48.9 Å². The van der Waals surface area contributed by atoms with Crippen LogP contribution in [0.2, 0.25) is 5.02 Å². The molecular weight excluding hydrogens is 450 g/mol. The van der Waals surface area contributed by atoms with Crippen molar-refractivity contribution in [3.05, 3.63) is 87.2 Å². The molecule has 3 atom stereocenters. The number of Topliss-reactive ketones (excluding diaryl/α,β-unsaturated/α-hetero) is 1. The van der Waals surface area contributed by atoms with Gasteiger partial charge in [0.2, 0.25) is 0 Å². The minimum atomic E-state index is -0.553. The Hall–Kier alpha value is -3.05. The summed E-state index contributed by atoms with van der Waals surface area (Å²) in [6, 6.07) is 15.2. The molecule has 5 nitrogen and oxygen atoms in total. The number of ether oxygens (including phenoxy) is 2. The van der Waals surface area contributed by atoms with E-state index in [0.29, 0.717) is 46.9 Å². The van der Waals surface area contributed by atoms with E-state index in [9.17, 15) is 9.59 Å². The van der Waals surface area contributed by atoms with E-state index in [4.69, 9.17) is 21.1 Å². The third-order valence-electron chi connectivity index (χ3n) is 6.72. The highest BCUT2D eigenvalue weighted by Crippen LogP contribution is 2.47. The predicted octanol–water partition coefficient (Wildman–Crippen LogP) is 6.05. The zero-order chi connectivity index (χ0) is 24.4. The zero-order valence-corrected chi connectivity index (χ0v) is 20.7. The largest absolute Gasteiger partial charge is 0.496 e. The van der Waals surface area contributed by atoms with Gasteiger partial charge in [0.25, 0.3) is 0 Å². The fraction of sp³-hybridized carbons (Fsp3) is 0.357. The Morgan fingerprint density at radius 2 is 1.85 bits per heavy atom. The summed E-state index contributed by atoms with van der Waals surface area (Å²) in [5, 5.41) is 4.06. The Balaban J connectivity index is 1.81. The van der Waals surface area contributed by atoms with E-state index in [1.54, 1.807) is 7.11 Å². The molecule has 0 fully saturated rings. The highest BCUT2D eigenvalue weighted by molar-refractivity contribution is 6.30. The summed E-state index contributed by atoms with van der Waals surface area (Å²) in [6.45, 7) is 5.71. The summed E-state index contributed by atoms with van der Waals surface area (Å²) in [6.07, 6.45) is 1.51. The molecule has 1 aliphatic carbocycles. The van der Waals surface area contributed by atoms with Gasteiger partial charge in [-0.2, -0.15) is 0 Å². The number of ketones is 1.